The average Bonchev–Trinajstić information content (AvgIpc) is 1.64. The molecule has 0 saturated heterocycles. The van der Waals surface area contributed by atoms with Crippen molar-refractivity contribution in [2.45, 2.75) is 32.7 Å². The Balaban J connectivity index is 0. The Labute approximate surface area is 89.2 Å². The van der Waals surface area contributed by atoms with Gasteiger partial charge in [-0.3, -0.25) is 0 Å². The van der Waals surface area contributed by atoms with Crippen LogP contribution in [-0.2, 0) is 0 Å². The van der Waals surface area contributed by atoms with Crippen LogP contribution in [0.4, 0.5) is 0 Å². The summed E-state index contributed by atoms with van der Waals surface area (Å²) in [5.41, 5.74) is 0. The summed E-state index contributed by atoms with van der Waals surface area (Å²) in [7, 11) is -0.0509. The fraction of sp³-hybridized carbons (Fsp3) is 1.00. The van der Waals surface area contributed by atoms with E-state index in [1.165, 1.54) is 0 Å². The van der Waals surface area contributed by atoms with E-state index in [1.807, 2.05) is 7.05 Å². The van der Waals surface area contributed by atoms with Crippen LogP contribution in [0.2, 0.25) is 32.7 Å². The molecule has 0 fully saturated rings. The van der Waals surface area contributed by atoms with Gasteiger partial charge in [-0.2, -0.15) is 7.05 Å². The van der Waals surface area contributed by atoms with Gasteiger partial charge in [0.15, 0.2) is 0 Å². The monoisotopic (exact) mass is 183 g/mol. The molecule has 0 amide bonds. The maximum absolute atomic E-state index is 4.49. The molecule has 0 aromatic heterocycles. The van der Waals surface area contributed by atoms with Crippen molar-refractivity contribution in [2.75, 3.05) is 7.05 Å². The smallest absolute Gasteiger partial charge is 0.669 e. The zero-order valence-corrected chi connectivity index (χ0v) is 12.4. The molecule has 4 heteroatoms. The summed E-state index contributed by atoms with van der Waals surface area (Å²) in [5.74, 6) is 0. The average molecular weight is 183 g/mol. The first-order valence-electron chi connectivity index (χ1n) is 3.42. The van der Waals surface area contributed by atoms with E-state index in [4.69, 9.17) is 0 Å². The normalized spacial score (nSPS) is 12.6. The van der Waals surface area contributed by atoms with Crippen LogP contribution >= 0.6 is 0 Å². The van der Waals surface area contributed by atoms with Crippen molar-refractivity contribution in [1.29, 1.82) is 0 Å². The molecule has 0 aliphatic carbocycles. The first-order chi connectivity index (χ1) is 3.81. The Morgan fingerprint density at radius 1 is 0.900 bits per heavy atom. The number of nitrogens with zero attached hydrogens (tertiary/aromatic N) is 1. The van der Waals surface area contributed by atoms with Crippen LogP contribution in [0.15, 0.2) is 0 Å². The Morgan fingerprint density at radius 2 is 1.20 bits per heavy atom. The van der Waals surface area contributed by atoms with Crippen molar-refractivity contribution in [1.82, 2.24) is 0 Å². The van der Waals surface area contributed by atoms with Gasteiger partial charge in [-0.15, -0.1) is 0 Å². The third kappa shape index (κ3) is 3.69. The van der Waals surface area contributed by atoms with Crippen molar-refractivity contribution in [3.05, 3.63) is 4.98 Å². The van der Waals surface area contributed by atoms with E-state index in [0.29, 0.717) is 0 Å². The fourth-order valence-electron chi connectivity index (χ4n) is 0.335. The molecule has 0 atom stereocenters. The molecule has 0 aromatic carbocycles. The summed E-state index contributed by atoms with van der Waals surface area (Å²) in [5, 5.41) is 0. The largest absolute Gasteiger partial charge is 1.00 e. The van der Waals surface area contributed by atoms with Crippen LogP contribution in [0.25, 0.3) is 4.98 Å². The van der Waals surface area contributed by atoms with Gasteiger partial charge in [0.2, 0.25) is 0 Å². The molecule has 56 valence electrons. The second-order valence-electron chi connectivity index (χ2n) is 4.03. The van der Waals surface area contributed by atoms with E-state index in [-0.39, 0.29) is 29.6 Å². The van der Waals surface area contributed by atoms with Crippen LogP contribution in [-0.4, -0.2) is 22.4 Å². The van der Waals surface area contributed by atoms with Gasteiger partial charge >= 0.3 is 29.6 Å². The van der Waals surface area contributed by atoms with Gasteiger partial charge in [0.05, 0.1) is 0 Å². The fourth-order valence-corrected chi connectivity index (χ4v) is 3.02. The van der Waals surface area contributed by atoms with Crippen LogP contribution in [0.1, 0.15) is 0 Å². The van der Waals surface area contributed by atoms with E-state index in [2.05, 4.69) is 37.7 Å². The third-order valence-electron chi connectivity index (χ3n) is 2.39. The molecule has 0 radical (unpaired) electrons. The Morgan fingerprint density at radius 3 is 1.20 bits per heavy atom. The van der Waals surface area contributed by atoms with Crippen molar-refractivity contribution in [2.24, 2.45) is 0 Å². The summed E-state index contributed by atoms with van der Waals surface area (Å²) in [6.07, 6.45) is 0. The van der Waals surface area contributed by atoms with Crippen molar-refractivity contribution in [3.8, 4) is 0 Å². The van der Waals surface area contributed by atoms with Gasteiger partial charge in [-0.25, -0.2) is 0 Å². The van der Waals surface area contributed by atoms with E-state index >= 15 is 0 Å². The number of hydrogen-bond donors (Lipinski definition) is 0. The molecule has 0 N–H and O–H groups in total. The van der Waals surface area contributed by atoms with Gasteiger partial charge in [0.1, 0.15) is 0 Å². The SMILES string of the molecule is C[N-][Si](C)(C)[Si](C)(C)C.[Na+]. The molecule has 0 unspecified atom stereocenters. The van der Waals surface area contributed by atoms with Gasteiger partial charge in [0, 0.05) is 7.59 Å². The number of hydrogen-bond acceptors (Lipinski definition) is 0. The van der Waals surface area contributed by atoms with Crippen molar-refractivity contribution < 1.29 is 29.6 Å². The summed E-state index contributed by atoms with van der Waals surface area (Å²) in [4.78, 5) is 4.49. The van der Waals surface area contributed by atoms with Crippen LogP contribution in [0, 0.1) is 0 Å². The summed E-state index contributed by atoms with van der Waals surface area (Å²) >= 11 is 0. The molecule has 10 heavy (non-hydrogen) atoms. The summed E-state index contributed by atoms with van der Waals surface area (Å²) in [6.45, 7) is 11.9. The van der Waals surface area contributed by atoms with Gasteiger partial charge < -0.3 is 4.98 Å². The molecule has 0 aromatic rings. The molecular weight excluding hydrogens is 165 g/mol. The molecule has 0 aliphatic heterocycles. The maximum Gasteiger partial charge on any atom is 1.00 e. The quantitative estimate of drug-likeness (QED) is 0.518. The first-order valence-corrected chi connectivity index (χ1v) is 10.9. The molecule has 0 heterocycles. The van der Waals surface area contributed by atoms with Crippen LogP contribution < -0.4 is 29.6 Å². The second kappa shape index (κ2) is 4.43. The zero-order valence-electron chi connectivity index (χ0n) is 8.45. The first kappa shape index (κ1) is 13.9. The molecule has 1 nitrogen and oxygen atoms in total. The Bertz CT molecular complexity index is 98.4. The standard InChI is InChI=1S/C6H18NSi2.Na/c1-7-9(5,6)8(2,3)4;/h1-6H3;/q-1;+1. The van der Waals surface area contributed by atoms with Gasteiger partial charge in [-0.05, 0) is 0 Å². The van der Waals surface area contributed by atoms with Crippen molar-refractivity contribution in [3.63, 3.8) is 0 Å². The topological polar surface area (TPSA) is 14.1 Å². The Kier molecular flexibility index (Phi) is 6.18. The van der Waals surface area contributed by atoms with Crippen LogP contribution in [0.3, 0.4) is 0 Å². The predicted octanol–water partition coefficient (Wildman–Crippen LogP) is -0.384. The van der Waals surface area contributed by atoms with Gasteiger partial charge in [0.25, 0.3) is 0 Å². The van der Waals surface area contributed by atoms with Crippen LogP contribution in [0.5, 0.6) is 0 Å². The van der Waals surface area contributed by atoms with Gasteiger partial charge in [-0.1, -0.05) is 40.5 Å². The van der Waals surface area contributed by atoms with Crippen molar-refractivity contribution >= 4 is 15.3 Å². The predicted molar refractivity (Wildman–Crippen MR) is 50.1 cm³/mol. The van der Waals surface area contributed by atoms with E-state index < -0.39 is 15.3 Å². The zero-order chi connectivity index (χ0) is 7.71. The van der Waals surface area contributed by atoms with E-state index in [1.54, 1.807) is 0 Å². The summed E-state index contributed by atoms with van der Waals surface area (Å²) in [6, 6.07) is 0. The molecule has 0 rings (SSSR count). The molecule has 0 saturated carbocycles. The maximum atomic E-state index is 4.49. The molecule has 0 spiro atoms. The Hall–Kier alpha value is 1.39. The summed E-state index contributed by atoms with van der Waals surface area (Å²) < 4.78 is 0. The minimum absolute atomic E-state index is 0. The number of rotatable bonds is 2. The second-order valence-corrected chi connectivity index (χ2v) is 20.3. The minimum Gasteiger partial charge on any atom is -0.669 e. The third-order valence-corrected chi connectivity index (χ3v) is 18.9. The molecular formula is C6H18NNaSi2. The molecule has 0 aliphatic rings. The molecule has 0 bridgehead atoms. The van der Waals surface area contributed by atoms with E-state index in [9.17, 15) is 0 Å². The van der Waals surface area contributed by atoms with E-state index in [0.717, 1.165) is 0 Å². The minimum atomic E-state index is -1.11.